The third-order valence-corrected chi connectivity index (χ3v) is 4.44. The molecule has 100 valence electrons. The molecular weight excluding hydrogens is 214 g/mol. The summed E-state index contributed by atoms with van der Waals surface area (Å²) in [6.45, 7) is 7.27. The monoisotopic (exact) mass is 241 g/mol. The van der Waals surface area contributed by atoms with Gasteiger partial charge in [-0.05, 0) is 45.8 Å². The Kier molecular flexibility index (Phi) is 4.79. The van der Waals surface area contributed by atoms with Crippen LogP contribution in [0.5, 0.6) is 0 Å². The van der Waals surface area contributed by atoms with E-state index < -0.39 is 0 Å². The fourth-order valence-corrected chi connectivity index (χ4v) is 2.99. The number of rotatable bonds is 5. The molecule has 0 aromatic heterocycles. The van der Waals surface area contributed by atoms with E-state index in [1.807, 2.05) is 0 Å². The summed E-state index contributed by atoms with van der Waals surface area (Å²) in [5, 5.41) is 0. The maximum atomic E-state index is 5.99. The second kappa shape index (κ2) is 6.14. The van der Waals surface area contributed by atoms with Gasteiger partial charge in [0.25, 0.3) is 0 Å². The van der Waals surface area contributed by atoms with Gasteiger partial charge in [0.2, 0.25) is 0 Å². The summed E-state index contributed by atoms with van der Waals surface area (Å²) in [4.78, 5) is 4.99. The van der Waals surface area contributed by atoms with Crippen molar-refractivity contribution in [2.75, 3.05) is 53.0 Å². The molecule has 4 heteroatoms. The fourth-order valence-electron chi connectivity index (χ4n) is 2.99. The highest BCUT2D eigenvalue weighted by Crippen LogP contribution is 2.24. The van der Waals surface area contributed by atoms with Crippen LogP contribution in [-0.4, -0.2) is 68.3 Å². The summed E-state index contributed by atoms with van der Waals surface area (Å²) in [5.74, 6) is 0. The Balaban J connectivity index is 1.81. The largest absolute Gasteiger partial charge is 0.379 e. The number of hydrogen-bond acceptors (Lipinski definition) is 4. The number of nitrogens with zero attached hydrogens (tertiary/aromatic N) is 2. The third kappa shape index (κ3) is 3.19. The van der Waals surface area contributed by atoms with Crippen molar-refractivity contribution in [3.05, 3.63) is 0 Å². The quantitative estimate of drug-likeness (QED) is 0.762. The molecular formula is C13H27N3O. The van der Waals surface area contributed by atoms with Gasteiger partial charge in [-0.3, -0.25) is 4.90 Å². The smallest absolute Gasteiger partial charge is 0.0662 e. The first-order chi connectivity index (χ1) is 8.27. The molecule has 2 heterocycles. The van der Waals surface area contributed by atoms with Gasteiger partial charge in [0, 0.05) is 26.2 Å². The maximum Gasteiger partial charge on any atom is 0.0662 e. The van der Waals surface area contributed by atoms with Crippen LogP contribution in [0.2, 0.25) is 0 Å². The highest BCUT2D eigenvalue weighted by Gasteiger charge is 2.35. The van der Waals surface area contributed by atoms with E-state index in [1.165, 1.54) is 38.9 Å². The Labute approximate surface area is 105 Å². The van der Waals surface area contributed by atoms with Gasteiger partial charge in [0.1, 0.15) is 0 Å². The molecule has 0 radical (unpaired) electrons. The highest BCUT2D eigenvalue weighted by atomic mass is 16.5. The molecule has 2 fully saturated rings. The molecule has 1 unspecified atom stereocenters. The van der Waals surface area contributed by atoms with Gasteiger partial charge in [-0.2, -0.15) is 0 Å². The standard InChI is InChI=1S/C13H27N3O/c1-15(8-9-16-6-2-3-7-16)13(11-14)5-4-10-17-12-13/h2-12,14H2,1H3. The molecule has 2 rings (SSSR count). The third-order valence-electron chi connectivity index (χ3n) is 4.44. The van der Waals surface area contributed by atoms with Crippen LogP contribution < -0.4 is 5.73 Å². The normalized spacial score (nSPS) is 31.2. The summed E-state index contributed by atoms with van der Waals surface area (Å²) >= 11 is 0. The molecule has 1 atom stereocenters. The zero-order chi connectivity index (χ0) is 12.1. The average molecular weight is 241 g/mol. The van der Waals surface area contributed by atoms with E-state index in [0.717, 1.165) is 26.2 Å². The van der Waals surface area contributed by atoms with E-state index in [0.29, 0.717) is 6.54 Å². The highest BCUT2D eigenvalue weighted by molar-refractivity contribution is 4.92. The molecule has 0 aromatic carbocycles. The number of ether oxygens (including phenoxy) is 1. The van der Waals surface area contributed by atoms with Crippen molar-refractivity contribution in [3.63, 3.8) is 0 Å². The summed E-state index contributed by atoms with van der Waals surface area (Å²) in [7, 11) is 2.21. The van der Waals surface area contributed by atoms with Crippen molar-refractivity contribution in [2.45, 2.75) is 31.2 Å². The van der Waals surface area contributed by atoms with Gasteiger partial charge in [-0.1, -0.05) is 0 Å². The van der Waals surface area contributed by atoms with Crippen LogP contribution in [0.3, 0.4) is 0 Å². The lowest BCUT2D eigenvalue weighted by atomic mass is 9.91. The van der Waals surface area contributed by atoms with E-state index in [4.69, 9.17) is 10.5 Å². The Bertz CT molecular complexity index is 223. The summed E-state index contributed by atoms with van der Waals surface area (Å²) < 4.78 is 5.63. The van der Waals surface area contributed by atoms with Crippen LogP contribution >= 0.6 is 0 Å². The molecule has 0 saturated carbocycles. The van der Waals surface area contributed by atoms with E-state index >= 15 is 0 Å². The number of hydrogen-bond donors (Lipinski definition) is 1. The summed E-state index contributed by atoms with van der Waals surface area (Å²) in [6, 6.07) is 0. The summed E-state index contributed by atoms with van der Waals surface area (Å²) in [5.41, 5.74) is 6.08. The van der Waals surface area contributed by atoms with Crippen LogP contribution in [0.1, 0.15) is 25.7 Å². The first-order valence-electron chi connectivity index (χ1n) is 6.98. The predicted molar refractivity (Wildman–Crippen MR) is 70.1 cm³/mol. The zero-order valence-electron chi connectivity index (χ0n) is 11.2. The van der Waals surface area contributed by atoms with Crippen LogP contribution in [0, 0.1) is 0 Å². The van der Waals surface area contributed by atoms with Crippen molar-refractivity contribution in [1.82, 2.24) is 9.80 Å². The van der Waals surface area contributed by atoms with Gasteiger partial charge in [-0.15, -0.1) is 0 Å². The Hall–Kier alpha value is -0.160. The molecule has 2 aliphatic rings. The molecule has 0 aliphatic carbocycles. The minimum absolute atomic E-state index is 0.0952. The minimum Gasteiger partial charge on any atom is -0.379 e. The molecule has 0 amide bonds. The van der Waals surface area contributed by atoms with Gasteiger partial charge in [0.05, 0.1) is 12.1 Å². The van der Waals surface area contributed by atoms with Crippen molar-refractivity contribution < 1.29 is 4.74 Å². The number of likely N-dealkylation sites (tertiary alicyclic amines) is 1. The lowest BCUT2D eigenvalue weighted by molar-refractivity contribution is -0.0360. The molecule has 0 aromatic rings. The summed E-state index contributed by atoms with van der Waals surface area (Å²) in [6.07, 6.45) is 5.06. The van der Waals surface area contributed by atoms with Crippen molar-refractivity contribution in [1.29, 1.82) is 0 Å². The van der Waals surface area contributed by atoms with Crippen LogP contribution in [-0.2, 0) is 4.74 Å². The molecule has 0 bridgehead atoms. The van der Waals surface area contributed by atoms with Gasteiger partial charge in [0.15, 0.2) is 0 Å². The predicted octanol–water partition coefficient (Wildman–Crippen LogP) is 0.522. The molecule has 2 aliphatic heterocycles. The molecule has 0 spiro atoms. The average Bonchev–Trinajstić information content (AvgIpc) is 2.90. The maximum absolute atomic E-state index is 5.99. The van der Waals surface area contributed by atoms with Gasteiger partial charge < -0.3 is 15.4 Å². The van der Waals surface area contributed by atoms with E-state index in [2.05, 4.69) is 16.8 Å². The van der Waals surface area contributed by atoms with Gasteiger partial charge >= 0.3 is 0 Å². The van der Waals surface area contributed by atoms with E-state index in [1.54, 1.807) is 0 Å². The van der Waals surface area contributed by atoms with E-state index in [9.17, 15) is 0 Å². The van der Waals surface area contributed by atoms with Crippen molar-refractivity contribution in [2.24, 2.45) is 5.73 Å². The Morgan fingerprint density at radius 2 is 2.06 bits per heavy atom. The number of likely N-dealkylation sites (N-methyl/N-ethyl adjacent to an activating group) is 1. The van der Waals surface area contributed by atoms with E-state index in [-0.39, 0.29) is 5.54 Å². The SMILES string of the molecule is CN(CCN1CCCC1)C1(CN)CCCOC1. The second-order valence-electron chi connectivity index (χ2n) is 5.55. The first kappa shape index (κ1) is 13.3. The molecule has 4 nitrogen and oxygen atoms in total. The lowest BCUT2D eigenvalue weighted by Crippen LogP contribution is -2.58. The van der Waals surface area contributed by atoms with Gasteiger partial charge in [-0.25, -0.2) is 0 Å². The number of nitrogens with two attached hydrogens (primary N) is 1. The minimum atomic E-state index is 0.0952. The molecule has 2 saturated heterocycles. The Morgan fingerprint density at radius 1 is 1.29 bits per heavy atom. The van der Waals surface area contributed by atoms with Crippen LogP contribution in [0.15, 0.2) is 0 Å². The lowest BCUT2D eigenvalue weighted by Gasteiger charge is -2.44. The van der Waals surface area contributed by atoms with Crippen molar-refractivity contribution >= 4 is 0 Å². The molecule has 17 heavy (non-hydrogen) atoms. The fraction of sp³-hybridized carbons (Fsp3) is 1.00. The zero-order valence-corrected chi connectivity index (χ0v) is 11.2. The van der Waals surface area contributed by atoms with Crippen molar-refractivity contribution in [3.8, 4) is 0 Å². The van der Waals surface area contributed by atoms with Crippen LogP contribution in [0.4, 0.5) is 0 Å². The Morgan fingerprint density at radius 3 is 2.65 bits per heavy atom. The first-order valence-corrected chi connectivity index (χ1v) is 6.98. The second-order valence-corrected chi connectivity index (χ2v) is 5.55. The topological polar surface area (TPSA) is 41.7 Å². The van der Waals surface area contributed by atoms with Crippen LogP contribution in [0.25, 0.3) is 0 Å². The molecule has 2 N–H and O–H groups in total.